The summed E-state index contributed by atoms with van der Waals surface area (Å²) in [6, 6.07) is 45.5. The fraction of sp³-hybridized carbons (Fsp3) is 0.156. The zero-order valence-electron chi connectivity index (χ0n) is 29.7. The number of carbonyl (C=O) groups excluding carboxylic acids is 2. The van der Waals surface area contributed by atoms with Crippen LogP contribution in [0.5, 0.6) is 11.5 Å². The van der Waals surface area contributed by atoms with Gasteiger partial charge >= 0.3 is 0 Å². The smallest absolute Gasteiger partial charge is 0.274 e. The number of ether oxygens (including phenoxy) is 2. The van der Waals surface area contributed by atoms with Gasteiger partial charge in [-0.15, -0.1) is 0 Å². The van der Waals surface area contributed by atoms with E-state index in [4.69, 9.17) is 14.3 Å². The summed E-state index contributed by atoms with van der Waals surface area (Å²) in [5.74, 6) is -0.147. The lowest BCUT2D eigenvalue weighted by Crippen LogP contribution is -2.31. The molecular weight excluding hydrogens is 668 g/mol. The highest BCUT2D eigenvalue weighted by Crippen LogP contribution is 2.36. The van der Waals surface area contributed by atoms with Gasteiger partial charge in [-0.05, 0) is 76.2 Å². The molecule has 0 bridgehead atoms. The molecule has 0 unspecified atom stereocenters. The molecule has 0 atom stereocenters. The first-order valence-corrected chi connectivity index (χ1v) is 17.5. The summed E-state index contributed by atoms with van der Waals surface area (Å²) in [6.07, 6.45) is 0. The molecule has 6 aromatic carbocycles. The minimum Gasteiger partial charge on any atom is -0.488 e. The Kier molecular flexibility index (Phi) is 12.3. The number of benzene rings is 6. The van der Waals surface area contributed by atoms with Crippen molar-refractivity contribution in [2.45, 2.75) is 46.1 Å². The summed E-state index contributed by atoms with van der Waals surface area (Å²) in [6.45, 7) is 5.04. The van der Waals surface area contributed by atoms with E-state index < -0.39 is 11.7 Å². The van der Waals surface area contributed by atoms with Gasteiger partial charge in [0, 0.05) is 17.3 Å². The van der Waals surface area contributed by atoms with Crippen molar-refractivity contribution < 1.29 is 28.3 Å². The Labute approximate surface area is 309 Å². The number of hydrogen-bond donors (Lipinski definition) is 1. The molecule has 268 valence electrons. The van der Waals surface area contributed by atoms with Gasteiger partial charge in [0.15, 0.2) is 0 Å². The molecule has 6 rings (SSSR count). The Balaban J connectivity index is 1.29. The van der Waals surface area contributed by atoms with Gasteiger partial charge in [-0.1, -0.05) is 117 Å². The number of rotatable bonds is 15. The van der Waals surface area contributed by atoms with E-state index in [2.05, 4.69) is 5.48 Å². The first-order chi connectivity index (χ1) is 25.8. The van der Waals surface area contributed by atoms with E-state index in [1.807, 2.05) is 111 Å². The lowest BCUT2D eigenvalue weighted by Gasteiger charge is -2.26. The Morgan fingerprint density at radius 3 is 1.70 bits per heavy atom. The highest BCUT2D eigenvalue weighted by molar-refractivity contribution is 6.08. The molecule has 7 nitrogen and oxygen atoms in total. The van der Waals surface area contributed by atoms with Crippen molar-refractivity contribution in [2.75, 3.05) is 4.90 Å². The van der Waals surface area contributed by atoms with E-state index >= 15 is 0 Å². The van der Waals surface area contributed by atoms with E-state index in [0.29, 0.717) is 34.9 Å². The maximum atomic E-state index is 14.8. The second-order valence-electron chi connectivity index (χ2n) is 12.9. The quantitative estimate of drug-likeness (QED) is 0.108. The highest BCUT2D eigenvalue weighted by atomic mass is 19.1. The van der Waals surface area contributed by atoms with E-state index in [1.165, 1.54) is 12.1 Å². The van der Waals surface area contributed by atoms with Crippen LogP contribution < -0.4 is 19.9 Å². The fourth-order valence-electron chi connectivity index (χ4n) is 5.72. The summed E-state index contributed by atoms with van der Waals surface area (Å²) >= 11 is 0. The third-order valence-electron chi connectivity index (χ3n) is 8.63. The number of halogens is 1. The summed E-state index contributed by atoms with van der Waals surface area (Å²) < 4.78 is 26.9. The second-order valence-corrected chi connectivity index (χ2v) is 12.9. The van der Waals surface area contributed by atoms with Crippen LogP contribution in [0.3, 0.4) is 0 Å². The molecule has 0 radical (unpaired) electrons. The Bertz CT molecular complexity index is 2090. The maximum absolute atomic E-state index is 14.8. The summed E-state index contributed by atoms with van der Waals surface area (Å²) in [7, 11) is 0. The van der Waals surface area contributed by atoms with Crippen molar-refractivity contribution in [3.63, 3.8) is 0 Å². The second kappa shape index (κ2) is 17.8. The first-order valence-electron chi connectivity index (χ1n) is 17.5. The van der Waals surface area contributed by atoms with Crippen LogP contribution in [0.4, 0.5) is 10.1 Å². The molecule has 0 aliphatic heterocycles. The molecule has 8 heteroatoms. The molecule has 0 spiro atoms. The number of nitrogens with zero attached hydrogens (tertiary/aromatic N) is 1. The molecule has 0 aliphatic rings. The SMILES string of the molecule is CC(C)c1cc(C(=O)N(Cc2ccc(C(=O)NOCc3ccccc3)cc2)c2ccc(F)cc2)c(OCc2ccccc2)cc1OCc1ccccc1. The van der Waals surface area contributed by atoms with Crippen LogP contribution in [-0.2, 0) is 31.2 Å². The first kappa shape index (κ1) is 36.5. The topological polar surface area (TPSA) is 77.1 Å². The molecule has 6 aromatic rings. The molecule has 0 heterocycles. The average Bonchev–Trinajstić information content (AvgIpc) is 3.19. The van der Waals surface area contributed by atoms with Gasteiger partial charge in [0.2, 0.25) is 0 Å². The third-order valence-corrected chi connectivity index (χ3v) is 8.63. The van der Waals surface area contributed by atoms with Crippen LogP contribution in [0, 0.1) is 5.82 Å². The van der Waals surface area contributed by atoms with Gasteiger partial charge in [0.1, 0.15) is 30.5 Å². The van der Waals surface area contributed by atoms with Gasteiger partial charge < -0.3 is 14.4 Å². The molecule has 0 saturated heterocycles. The van der Waals surface area contributed by atoms with Crippen molar-refractivity contribution in [3.05, 3.63) is 196 Å². The van der Waals surface area contributed by atoms with Crippen LogP contribution in [0.25, 0.3) is 0 Å². The molecule has 53 heavy (non-hydrogen) atoms. The predicted octanol–water partition coefficient (Wildman–Crippen LogP) is 9.82. The number of amides is 2. The molecular formula is C45H41FN2O5. The van der Waals surface area contributed by atoms with Crippen LogP contribution >= 0.6 is 0 Å². The van der Waals surface area contributed by atoms with Crippen molar-refractivity contribution in [3.8, 4) is 11.5 Å². The zero-order valence-corrected chi connectivity index (χ0v) is 29.7. The molecule has 2 amide bonds. The minimum absolute atomic E-state index is 0.0186. The molecule has 0 aliphatic carbocycles. The molecule has 0 fully saturated rings. The van der Waals surface area contributed by atoms with Gasteiger partial charge in [0.05, 0.1) is 18.7 Å². The van der Waals surface area contributed by atoms with Crippen LogP contribution in [0.2, 0.25) is 0 Å². The van der Waals surface area contributed by atoms with E-state index in [-0.39, 0.29) is 31.6 Å². The molecule has 0 saturated carbocycles. The fourth-order valence-corrected chi connectivity index (χ4v) is 5.72. The standard InChI is InChI=1S/C45H41FN2O5/c1-32(2)40-26-41(43(52-30-35-14-8-4-9-15-35)27-42(40)51-29-34-12-6-3-7-13-34)45(50)48(39-24-22-38(46)23-25-39)28-33-18-20-37(21-19-33)44(49)47-53-31-36-16-10-5-11-17-36/h3-27,32H,28-31H2,1-2H3,(H,47,49). The number of hydrogen-bond acceptors (Lipinski definition) is 5. The van der Waals surface area contributed by atoms with Crippen molar-refractivity contribution in [1.82, 2.24) is 5.48 Å². The van der Waals surface area contributed by atoms with Crippen molar-refractivity contribution >= 4 is 17.5 Å². The van der Waals surface area contributed by atoms with Gasteiger partial charge in [-0.2, -0.15) is 0 Å². The van der Waals surface area contributed by atoms with Crippen LogP contribution in [0.15, 0.2) is 152 Å². The van der Waals surface area contributed by atoms with E-state index in [1.54, 1.807) is 47.4 Å². The lowest BCUT2D eigenvalue weighted by molar-refractivity contribution is 0.0233. The number of nitrogens with one attached hydrogen (secondary N) is 1. The molecule has 1 N–H and O–H groups in total. The Morgan fingerprint density at radius 1 is 0.623 bits per heavy atom. The van der Waals surface area contributed by atoms with Gasteiger partial charge in [0.25, 0.3) is 11.8 Å². The number of carbonyl (C=O) groups is 2. The monoisotopic (exact) mass is 708 g/mol. The van der Waals surface area contributed by atoms with Crippen LogP contribution in [0.1, 0.15) is 68.3 Å². The van der Waals surface area contributed by atoms with Gasteiger partial charge in [-0.25, -0.2) is 9.87 Å². The number of anilines is 1. The normalized spacial score (nSPS) is 10.9. The third kappa shape index (κ3) is 9.96. The average molecular weight is 709 g/mol. The van der Waals surface area contributed by atoms with Crippen molar-refractivity contribution in [2.24, 2.45) is 0 Å². The van der Waals surface area contributed by atoms with Crippen molar-refractivity contribution in [1.29, 1.82) is 0 Å². The van der Waals surface area contributed by atoms with E-state index in [9.17, 15) is 14.0 Å². The highest BCUT2D eigenvalue weighted by Gasteiger charge is 2.26. The summed E-state index contributed by atoms with van der Waals surface area (Å²) in [4.78, 5) is 34.6. The Hall–Kier alpha value is -6.25. The zero-order chi connectivity index (χ0) is 37.0. The minimum atomic E-state index is -0.417. The lowest BCUT2D eigenvalue weighted by atomic mass is 9.97. The Morgan fingerprint density at radius 2 is 1.15 bits per heavy atom. The predicted molar refractivity (Wildman–Crippen MR) is 204 cm³/mol. The maximum Gasteiger partial charge on any atom is 0.274 e. The number of hydroxylamine groups is 1. The summed E-state index contributed by atoms with van der Waals surface area (Å²) in [5.41, 5.74) is 8.20. The summed E-state index contributed by atoms with van der Waals surface area (Å²) in [5, 5.41) is 0. The molecule has 0 aromatic heterocycles. The largest absolute Gasteiger partial charge is 0.488 e. The van der Waals surface area contributed by atoms with E-state index in [0.717, 1.165) is 27.8 Å². The van der Waals surface area contributed by atoms with Crippen LogP contribution in [-0.4, -0.2) is 11.8 Å². The van der Waals surface area contributed by atoms with Gasteiger partial charge in [-0.3, -0.25) is 14.4 Å².